The minimum absolute atomic E-state index is 0.00707. The van der Waals surface area contributed by atoms with E-state index in [1.807, 2.05) is 0 Å². The number of hydrogen-bond acceptors (Lipinski definition) is 5. The van der Waals surface area contributed by atoms with Crippen LogP contribution in [-0.2, 0) is 19.4 Å². The predicted molar refractivity (Wildman–Crippen MR) is 65.1 cm³/mol. The molecule has 8 heteroatoms. The maximum absolute atomic E-state index is 12.0. The average Bonchev–Trinajstić information content (AvgIpc) is 2.82. The fourth-order valence-electron chi connectivity index (χ4n) is 2.72. The van der Waals surface area contributed by atoms with E-state index in [2.05, 4.69) is 0 Å². The number of sulfone groups is 1. The minimum Gasteiger partial charge on any atom is -0.480 e. The molecule has 108 valence electrons. The first kappa shape index (κ1) is 14.3. The number of β-amino-alcohol motifs (C(OH)–C–C–N with tert-alkyl or cyclic N) is 1. The first-order valence-corrected chi connectivity index (χ1v) is 8.01. The number of nitrogens with zero attached hydrogens (tertiary/aromatic N) is 1. The molecular formula is C11H17NO6S. The standard InChI is InChI=1S/C11H17NO6S/c13-8-4-9(11(15)16)12(5-8)10(14)3-7-1-2-19(17,18)6-7/h7-9,13H,1-6H2,(H,15,16)/t7?,8?,9-/m0/s1. The summed E-state index contributed by atoms with van der Waals surface area (Å²) in [7, 11) is -3.04. The van der Waals surface area contributed by atoms with Crippen molar-refractivity contribution in [3.8, 4) is 0 Å². The number of aliphatic hydroxyl groups is 1. The summed E-state index contributed by atoms with van der Waals surface area (Å²) in [5.74, 6) is -1.66. The molecule has 19 heavy (non-hydrogen) atoms. The molecule has 7 nitrogen and oxygen atoms in total. The lowest BCUT2D eigenvalue weighted by atomic mass is 10.0. The molecule has 0 bridgehead atoms. The molecule has 0 aromatic rings. The number of rotatable bonds is 3. The van der Waals surface area contributed by atoms with Crippen LogP contribution in [0, 0.1) is 5.92 Å². The SMILES string of the molecule is O=C(O)[C@@H]1CC(O)CN1C(=O)CC1CCS(=O)(=O)C1. The van der Waals surface area contributed by atoms with Gasteiger partial charge in [-0.15, -0.1) is 0 Å². The molecule has 0 aromatic heterocycles. The Hall–Kier alpha value is -1.15. The van der Waals surface area contributed by atoms with Crippen molar-refractivity contribution in [1.29, 1.82) is 0 Å². The Morgan fingerprint density at radius 1 is 1.32 bits per heavy atom. The minimum atomic E-state index is -3.04. The van der Waals surface area contributed by atoms with Gasteiger partial charge in [0.2, 0.25) is 5.91 Å². The third-order valence-electron chi connectivity index (χ3n) is 3.67. The average molecular weight is 291 g/mol. The van der Waals surface area contributed by atoms with Gasteiger partial charge in [0.25, 0.3) is 0 Å². The van der Waals surface area contributed by atoms with Crippen LogP contribution in [0.3, 0.4) is 0 Å². The fraction of sp³-hybridized carbons (Fsp3) is 0.818. The number of aliphatic hydroxyl groups excluding tert-OH is 1. The quantitative estimate of drug-likeness (QED) is 0.679. The van der Waals surface area contributed by atoms with Crippen molar-refractivity contribution in [3.05, 3.63) is 0 Å². The second kappa shape index (κ2) is 5.09. The van der Waals surface area contributed by atoms with Crippen LogP contribution in [0.25, 0.3) is 0 Å². The highest BCUT2D eigenvalue weighted by Gasteiger charge is 2.40. The zero-order chi connectivity index (χ0) is 14.2. The number of amides is 1. The maximum atomic E-state index is 12.0. The summed E-state index contributed by atoms with van der Waals surface area (Å²) in [5, 5.41) is 18.5. The van der Waals surface area contributed by atoms with Crippen molar-refractivity contribution in [3.63, 3.8) is 0 Å². The van der Waals surface area contributed by atoms with Crippen LogP contribution in [0.4, 0.5) is 0 Å². The van der Waals surface area contributed by atoms with Gasteiger partial charge in [-0.2, -0.15) is 0 Å². The highest BCUT2D eigenvalue weighted by molar-refractivity contribution is 7.91. The van der Waals surface area contributed by atoms with Crippen LogP contribution in [0.15, 0.2) is 0 Å². The van der Waals surface area contributed by atoms with E-state index < -0.39 is 28.0 Å². The van der Waals surface area contributed by atoms with E-state index in [-0.39, 0.29) is 42.7 Å². The molecule has 2 heterocycles. The number of hydrogen-bond donors (Lipinski definition) is 2. The Morgan fingerprint density at radius 2 is 2.00 bits per heavy atom. The summed E-state index contributed by atoms with van der Waals surface area (Å²) in [4.78, 5) is 24.2. The summed E-state index contributed by atoms with van der Waals surface area (Å²) >= 11 is 0. The smallest absolute Gasteiger partial charge is 0.326 e. The highest BCUT2D eigenvalue weighted by Crippen LogP contribution is 2.25. The van der Waals surface area contributed by atoms with Crippen molar-refractivity contribution in [1.82, 2.24) is 4.90 Å². The summed E-state index contributed by atoms with van der Waals surface area (Å²) in [6.07, 6.45) is -0.306. The van der Waals surface area contributed by atoms with E-state index in [0.29, 0.717) is 6.42 Å². The lowest BCUT2D eigenvalue weighted by molar-refractivity contribution is -0.148. The molecule has 2 N–H and O–H groups in total. The number of carbonyl (C=O) groups is 2. The molecule has 0 spiro atoms. The summed E-state index contributed by atoms with van der Waals surface area (Å²) in [6.45, 7) is 0.00920. The van der Waals surface area contributed by atoms with Crippen LogP contribution >= 0.6 is 0 Å². The maximum Gasteiger partial charge on any atom is 0.326 e. The Morgan fingerprint density at radius 3 is 2.53 bits per heavy atom. The van der Waals surface area contributed by atoms with Gasteiger partial charge in [0, 0.05) is 19.4 Å². The summed E-state index contributed by atoms with van der Waals surface area (Å²) < 4.78 is 22.6. The zero-order valence-electron chi connectivity index (χ0n) is 10.4. The van der Waals surface area contributed by atoms with Gasteiger partial charge in [0.15, 0.2) is 9.84 Å². The molecule has 2 saturated heterocycles. The van der Waals surface area contributed by atoms with Gasteiger partial charge < -0.3 is 15.1 Å². The molecule has 0 saturated carbocycles. The zero-order valence-corrected chi connectivity index (χ0v) is 11.2. The van der Waals surface area contributed by atoms with Crippen molar-refractivity contribution in [2.45, 2.75) is 31.4 Å². The number of aliphatic carboxylic acids is 1. The second-order valence-corrected chi connectivity index (χ2v) is 7.49. The van der Waals surface area contributed by atoms with Gasteiger partial charge in [0.05, 0.1) is 17.6 Å². The van der Waals surface area contributed by atoms with Crippen molar-refractivity contribution in [2.24, 2.45) is 5.92 Å². The van der Waals surface area contributed by atoms with Crippen molar-refractivity contribution in [2.75, 3.05) is 18.1 Å². The molecule has 2 rings (SSSR count). The van der Waals surface area contributed by atoms with E-state index in [1.54, 1.807) is 0 Å². The number of carbonyl (C=O) groups excluding carboxylic acids is 1. The van der Waals surface area contributed by atoms with Crippen LogP contribution in [0.1, 0.15) is 19.3 Å². The van der Waals surface area contributed by atoms with E-state index in [1.165, 1.54) is 0 Å². The molecule has 1 amide bonds. The van der Waals surface area contributed by atoms with Crippen molar-refractivity contribution < 1.29 is 28.2 Å². The Kier molecular flexibility index (Phi) is 3.82. The third-order valence-corrected chi connectivity index (χ3v) is 5.51. The van der Waals surface area contributed by atoms with Crippen LogP contribution in [0.2, 0.25) is 0 Å². The molecule has 0 radical (unpaired) electrons. The van der Waals surface area contributed by atoms with E-state index in [4.69, 9.17) is 5.11 Å². The molecule has 3 atom stereocenters. The lowest BCUT2D eigenvalue weighted by Gasteiger charge is -2.22. The molecule has 2 fully saturated rings. The first-order chi connectivity index (χ1) is 8.78. The van der Waals surface area contributed by atoms with Gasteiger partial charge in [-0.3, -0.25) is 4.79 Å². The molecule has 2 unspecified atom stereocenters. The van der Waals surface area contributed by atoms with Crippen LogP contribution in [-0.4, -0.2) is 65.6 Å². The largest absolute Gasteiger partial charge is 0.480 e. The fourth-order valence-corrected chi connectivity index (χ4v) is 4.58. The normalized spacial score (nSPS) is 33.5. The summed E-state index contributed by atoms with van der Waals surface area (Å²) in [6, 6.07) is -1.000. The predicted octanol–water partition coefficient (Wildman–Crippen LogP) is -1.14. The molecule has 0 aliphatic carbocycles. The Balaban J connectivity index is 1.98. The van der Waals surface area contributed by atoms with Crippen molar-refractivity contribution >= 4 is 21.7 Å². The number of carboxylic acid groups (broad SMARTS) is 1. The van der Waals surface area contributed by atoms with E-state index in [9.17, 15) is 23.1 Å². The number of carboxylic acids is 1. The van der Waals surface area contributed by atoms with E-state index >= 15 is 0 Å². The summed E-state index contributed by atoms with van der Waals surface area (Å²) in [5.41, 5.74) is 0. The first-order valence-electron chi connectivity index (χ1n) is 6.19. The third kappa shape index (κ3) is 3.24. The van der Waals surface area contributed by atoms with E-state index in [0.717, 1.165) is 4.90 Å². The topological polar surface area (TPSA) is 112 Å². The highest BCUT2D eigenvalue weighted by atomic mass is 32.2. The Bertz CT molecular complexity index is 487. The molecule has 2 aliphatic heterocycles. The van der Waals surface area contributed by atoms with Gasteiger partial charge in [-0.1, -0.05) is 0 Å². The molecular weight excluding hydrogens is 274 g/mol. The van der Waals surface area contributed by atoms with Gasteiger partial charge in [-0.25, -0.2) is 13.2 Å². The number of likely N-dealkylation sites (tertiary alicyclic amines) is 1. The lowest BCUT2D eigenvalue weighted by Crippen LogP contribution is -2.41. The molecule has 2 aliphatic rings. The molecule has 0 aromatic carbocycles. The van der Waals surface area contributed by atoms with Crippen LogP contribution < -0.4 is 0 Å². The van der Waals surface area contributed by atoms with Gasteiger partial charge in [-0.05, 0) is 12.3 Å². The monoisotopic (exact) mass is 291 g/mol. The van der Waals surface area contributed by atoms with Gasteiger partial charge in [0.1, 0.15) is 6.04 Å². The second-order valence-electron chi connectivity index (χ2n) is 5.26. The van der Waals surface area contributed by atoms with Crippen LogP contribution in [0.5, 0.6) is 0 Å². The van der Waals surface area contributed by atoms with Gasteiger partial charge >= 0.3 is 5.97 Å². The Labute approximate surface area is 111 Å².